The topological polar surface area (TPSA) is 0 Å². The van der Waals surface area contributed by atoms with Crippen LogP contribution >= 0.6 is 0 Å². The largest absolute Gasteiger partial charge is 0.0655 e. The first-order valence-corrected chi connectivity index (χ1v) is 5.85. The molecule has 0 fully saturated rings. The first-order chi connectivity index (χ1) is 7.06. The van der Waals surface area contributed by atoms with Gasteiger partial charge in [-0.05, 0) is 73.9 Å². The van der Waals surface area contributed by atoms with Crippen molar-refractivity contribution in [3.05, 3.63) is 39.0 Å². The number of hydrogen-bond donors (Lipinski definition) is 0. The molecule has 0 aromatic heterocycles. The summed E-state index contributed by atoms with van der Waals surface area (Å²) in [6.07, 6.45) is 4.77. The molecule has 0 saturated heterocycles. The predicted molar refractivity (Wildman–Crippen MR) is 67.4 cm³/mol. The molecule has 1 aromatic rings. The van der Waals surface area contributed by atoms with Gasteiger partial charge in [0.15, 0.2) is 0 Å². The van der Waals surface area contributed by atoms with E-state index in [1.165, 1.54) is 40.7 Å². The van der Waals surface area contributed by atoms with Gasteiger partial charge in [0.2, 0.25) is 0 Å². The Bertz CT molecular complexity index is 448. The maximum atomic E-state index is 2.41. The van der Waals surface area contributed by atoms with Crippen LogP contribution in [0.2, 0.25) is 0 Å². The van der Waals surface area contributed by atoms with Crippen molar-refractivity contribution in [2.45, 2.75) is 47.5 Å². The number of allylic oxidation sites excluding steroid dienone is 1. The fourth-order valence-electron chi connectivity index (χ4n) is 2.55. The zero-order chi connectivity index (χ0) is 11.2. The van der Waals surface area contributed by atoms with Gasteiger partial charge in [0.05, 0.1) is 0 Å². The number of rotatable bonds is 1. The number of fused-ring (bicyclic) bond motifs is 1. The zero-order valence-electron chi connectivity index (χ0n) is 10.5. The fraction of sp³-hybridized carbons (Fsp3) is 0.467. The molecule has 15 heavy (non-hydrogen) atoms. The summed E-state index contributed by atoms with van der Waals surface area (Å²) in [5, 5.41) is 0. The Morgan fingerprint density at radius 1 is 0.933 bits per heavy atom. The van der Waals surface area contributed by atoms with Gasteiger partial charge in [-0.2, -0.15) is 0 Å². The molecule has 80 valence electrons. The Hall–Kier alpha value is -1.04. The highest BCUT2D eigenvalue weighted by Gasteiger charge is 2.18. The lowest BCUT2D eigenvalue weighted by molar-refractivity contribution is 1.02. The second-order valence-electron chi connectivity index (χ2n) is 4.73. The molecule has 0 bridgehead atoms. The van der Waals surface area contributed by atoms with E-state index >= 15 is 0 Å². The van der Waals surface area contributed by atoms with Crippen LogP contribution in [0.1, 0.15) is 46.7 Å². The molecule has 0 spiro atoms. The predicted octanol–water partition coefficient (Wildman–Crippen LogP) is 4.27. The summed E-state index contributed by atoms with van der Waals surface area (Å²) in [4.78, 5) is 0. The summed E-state index contributed by atoms with van der Waals surface area (Å²) in [5.41, 5.74) is 10.6. The molecular formula is C15H20. The highest BCUT2D eigenvalue weighted by Crippen LogP contribution is 2.35. The summed E-state index contributed by atoms with van der Waals surface area (Å²) < 4.78 is 0. The van der Waals surface area contributed by atoms with Gasteiger partial charge in [-0.1, -0.05) is 18.6 Å². The molecule has 2 rings (SSSR count). The van der Waals surface area contributed by atoms with E-state index in [0.717, 1.165) is 0 Å². The first kappa shape index (κ1) is 10.5. The van der Waals surface area contributed by atoms with Gasteiger partial charge in [-0.25, -0.2) is 0 Å². The minimum Gasteiger partial charge on any atom is -0.0655 e. The lowest BCUT2D eigenvalue weighted by Gasteiger charge is -2.15. The quantitative estimate of drug-likeness (QED) is 0.635. The molecule has 1 aliphatic carbocycles. The normalized spacial score (nSPS) is 14.1. The van der Waals surface area contributed by atoms with Gasteiger partial charge < -0.3 is 0 Å². The van der Waals surface area contributed by atoms with Gasteiger partial charge >= 0.3 is 0 Å². The molecule has 1 aliphatic rings. The number of hydrogen-bond acceptors (Lipinski definition) is 0. The van der Waals surface area contributed by atoms with Crippen molar-refractivity contribution >= 4 is 6.08 Å². The lowest BCUT2D eigenvalue weighted by atomic mass is 9.90. The first-order valence-electron chi connectivity index (χ1n) is 5.85. The Morgan fingerprint density at radius 2 is 1.53 bits per heavy atom. The third-order valence-corrected chi connectivity index (χ3v) is 4.08. The van der Waals surface area contributed by atoms with E-state index in [0.29, 0.717) is 0 Å². The molecule has 0 radical (unpaired) electrons. The smallest absolute Gasteiger partial charge is 0.00551 e. The van der Waals surface area contributed by atoms with Gasteiger partial charge in [-0.15, -0.1) is 0 Å². The van der Waals surface area contributed by atoms with Crippen LogP contribution in [0.25, 0.3) is 6.08 Å². The van der Waals surface area contributed by atoms with E-state index in [-0.39, 0.29) is 0 Å². The minimum absolute atomic E-state index is 1.18. The molecule has 0 atom stereocenters. The van der Waals surface area contributed by atoms with Gasteiger partial charge in [0, 0.05) is 0 Å². The maximum absolute atomic E-state index is 2.41. The molecule has 0 saturated carbocycles. The van der Waals surface area contributed by atoms with E-state index in [1.54, 1.807) is 11.1 Å². The number of benzene rings is 1. The van der Waals surface area contributed by atoms with Crippen molar-refractivity contribution in [3.8, 4) is 0 Å². The monoisotopic (exact) mass is 200 g/mol. The average molecular weight is 200 g/mol. The summed E-state index contributed by atoms with van der Waals surface area (Å²) in [6, 6.07) is 0. The molecule has 0 heteroatoms. The van der Waals surface area contributed by atoms with E-state index in [2.05, 4.69) is 40.7 Å². The Labute approximate surface area is 93.0 Å². The lowest BCUT2D eigenvalue weighted by Crippen LogP contribution is -1.99. The molecule has 0 nitrogen and oxygen atoms in total. The SMILES string of the molecule is CCC1=Cc2c(C)c(C)c(C)c(C)c2C1. The van der Waals surface area contributed by atoms with Gasteiger partial charge in [0.25, 0.3) is 0 Å². The van der Waals surface area contributed by atoms with Crippen molar-refractivity contribution in [1.82, 2.24) is 0 Å². The van der Waals surface area contributed by atoms with E-state index in [4.69, 9.17) is 0 Å². The van der Waals surface area contributed by atoms with Crippen molar-refractivity contribution in [2.75, 3.05) is 0 Å². The molecule has 0 unspecified atom stereocenters. The van der Waals surface area contributed by atoms with Crippen LogP contribution in [0, 0.1) is 27.7 Å². The minimum atomic E-state index is 1.18. The van der Waals surface area contributed by atoms with Crippen molar-refractivity contribution < 1.29 is 0 Å². The highest BCUT2D eigenvalue weighted by molar-refractivity contribution is 5.70. The van der Waals surface area contributed by atoms with E-state index in [1.807, 2.05) is 0 Å². The van der Waals surface area contributed by atoms with Crippen LogP contribution in [0.4, 0.5) is 0 Å². The van der Waals surface area contributed by atoms with Crippen LogP contribution in [0.3, 0.4) is 0 Å². The zero-order valence-corrected chi connectivity index (χ0v) is 10.5. The van der Waals surface area contributed by atoms with Gasteiger partial charge in [-0.3, -0.25) is 0 Å². The second kappa shape index (κ2) is 3.52. The third kappa shape index (κ3) is 1.43. The standard InChI is InChI=1S/C15H20/c1-6-13-7-14-11(4)9(2)10(3)12(5)15(14)8-13/h7H,6,8H2,1-5H3. The van der Waals surface area contributed by atoms with Crippen LogP contribution < -0.4 is 0 Å². The Balaban J connectivity index is 2.68. The van der Waals surface area contributed by atoms with Crippen LogP contribution in [0.5, 0.6) is 0 Å². The van der Waals surface area contributed by atoms with Crippen molar-refractivity contribution in [1.29, 1.82) is 0 Å². The molecule has 1 aromatic carbocycles. The van der Waals surface area contributed by atoms with Gasteiger partial charge in [0.1, 0.15) is 0 Å². The van der Waals surface area contributed by atoms with Crippen LogP contribution in [-0.2, 0) is 6.42 Å². The van der Waals surface area contributed by atoms with Crippen molar-refractivity contribution in [2.24, 2.45) is 0 Å². The van der Waals surface area contributed by atoms with Crippen molar-refractivity contribution in [3.63, 3.8) is 0 Å². The third-order valence-electron chi connectivity index (χ3n) is 4.08. The Kier molecular flexibility index (Phi) is 2.46. The van der Waals surface area contributed by atoms with Crippen LogP contribution in [0.15, 0.2) is 5.57 Å². The fourth-order valence-corrected chi connectivity index (χ4v) is 2.55. The summed E-state index contributed by atoms with van der Waals surface area (Å²) in [6.45, 7) is 11.3. The molecule has 0 amide bonds. The van der Waals surface area contributed by atoms with Crippen LogP contribution in [-0.4, -0.2) is 0 Å². The summed E-state index contributed by atoms with van der Waals surface area (Å²) >= 11 is 0. The summed E-state index contributed by atoms with van der Waals surface area (Å²) in [5.74, 6) is 0. The highest BCUT2D eigenvalue weighted by atomic mass is 14.2. The molecule has 0 N–H and O–H groups in total. The average Bonchev–Trinajstić information content (AvgIpc) is 2.67. The molecule has 0 aliphatic heterocycles. The molecule has 0 heterocycles. The Morgan fingerprint density at radius 3 is 2.13 bits per heavy atom. The molecular weight excluding hydrogens is 180 g/mol. The summed E-state index contributed by atoms with van der Waals surface area (Å²) in [7, 11) is 0. The van der Waals surface area contributed by atoms with E-state index < -0.39 is 0 Å². The maximum Gasteiger partial charge on any atom is -0.00551 e. The van der Waals surface area contributed by atoms with E-state index in [9.17, 15) is 0 Å². The second-order valence-corrected chi connectivity index (χ2v) is 4.73.